The maximum atomic E-state index is 12.5. The first-order valence-corrected chi connectivity index (χ1v) is 12.9. The Morgan fingerprint density at radius 1 is 1.11 bits per heavy atom. The predicted molar refractivity (Wildman–Crippen MR) is 149 cm³/mol. The van der Waals surface area contributed by atoms with Crippen molar-refractivity contribution in [2.75, 3.05) is 16.4 Å². The maximum absolute atomic E-state index is 12.5. The molecule has 3 amide bonds. The van der Waals surface area contributed by atoms with Crippen molar-refractivity contribution >= 4 is 52.1 Å². The molecule has 0 spiro atoms. The summed E-state index contributed by atoms with van der Waals surface area (Å²) >= 11 is 1.54. The smallest absolute Gasteiger partial charge is 0.319 e. The van der Waals surface area contributed by atoms with Crippen molar-refractivity contribution in [2.45, 2.75) is 45.1 Å². The van der Waals surface area contributed by atoms with Crippen LogP contribution in [0.25, 0.3) is 6.08 Å². The highest BCUT2D eigenvalue weighted by Gasteiger charge is 2.17. The van der Waals surface area contributed by atoms with Gasteiger partial charge in [0.05, 0.1) is 12.1 Å². The van der Waals surface area contributed by atoms with Gasteiger partial charge >= 0.3 is 6.03 Å². The van der Waals surface area contributed by atoms with Crippen LogP contribution in [0, 0.1) is 12.3 Å². The van der Waals surface area contributed by atoms with Crippen molar-refractivity contribution in [1.29, 1.82) is 5.41 Å². The molecule has 0 saturated heterocycles. The summed E-state index contributed by atoms with van der Waals surface area (Å²) in [5.41, 5.74) is 10.4. The molecule has 36 heavy (non-hydrogen) atoms. The number of nitrogen functional groups attached to an aromatic ring is 1. The van der Waals surface area contributed by atoms with Crippen LogP contribution in [0.15, 0.2) is 60.0 Å². The molecule has 2 aromatic carbocycles. The van der Waals surface area contributed by atoms with Gasteiger partial charge in [-0.2, -0.15) is 0 Å². The second-order valence-electron chi connectivity index (χ2n) is 9.01. The highest BCUT2D eigenvalue weighted by atomic mass is 32.1. The van der Waals surface area contributed by atoms with Crippen LogP contribution in [0.5, 0.6) is 0 Å². The first-order valence-electron chi connectivity index (χ1n) is 12.0. The molecular formula is C28H31N5O2S. The van der Waals surface area contributed by atoms with Gasteiger partial charge < -0.3 is 27.1 Å². The van der Waals surface area contributed by atoms with Gasteiger partial charge in [0.15, 0.2) is 0 Å². The molecule has 1 heterocycles. The lowest BCUT2D eigenvalue weighted by Gasteiger charge is -2.13. The number of allylic oxidation sites excluding steroid dienone is 1. The Bertz CT molecular complexity index is 1280. The molecule has 4 rings (SSSR count). The van der Waals surface area contributed by atoms with Crippen molar-refractivity contribution < 1.29 is 9.59 Å². The third-order valence-corrected chi connectivity index (χ3v) is 7.03. The summed E-state index contributed by atoms with van der Waals surface area (Å²) in [6.07, 6.45) is 8.14. The van der Waals surface area contributed by atoms with Gasteiger partial charge in [0.2, 0.25) is 5.91 Å². The van der Waals surface area contributed by atoms with E-state index in [1.807, 2.05) is 48.7 Å². The number of carbonyl (C=O) groups excluding carboxylic acids is 2. The molecule has 0 unspecified atom stereocenters. The molecule has 0 bridgehead atoms. The summed E-state index contributed by atoms with van der Waals surface area (Å²) in [4.78, 5) is 25.7. The fourth-order valence-electron chi connectivity index (χ4n) is 4.28. The highest BCUT2D eigenvalue weighted by molar-refractivity contribution is 7.10. The Balaban J connectivity index is 1.41. The molecule has 1 fully saturated rings. The topological polar surface area (TPSA) is 120 Å². The summed E-state index contributed by atoms with van der Waals surface area (Å²) in [6, 6.07) is 14.9. The molecule has 1 aliphatic rings. The lowest BCUT2D eigenvalue weighted by molar-refractivity contribution is -0.115. The Hall–Kier alpha value is -3.91. The van der Waals surface area contributed by atoms with Gasteiger partial charge in [0.25, 0.3) is 0 Å². The number of urea groups is 1. The summed E-state index contributed by atoms with van der Waals surface area (Å²) in [6.45, 7) is 1.88. The molecular weight excluding hydrogens is 470 g/mol. The molecule has 1 aromatic heterocycles. The molecule has 3 aromatic rings. The molecule has 0 atom stereocenters. The van der Waals surface area contributed by atoms with E-state index in [0.29, 0.717) is 29.0 Å². The standard InChI is InChI=1S/C28H31N5O2S/c1-18-14-25(30)23(17-26(18)33-27(34)16-22-10-5-13-36-22)24(29)12-11-19-6-4-9-21(15-19)32-28(35)31-20-7-2-3-8-20/h4-6,9-15,17,20,29H,2-3,7-8,16,30H2,1H3,(H,33,34)(H2,31,32,35)/b12-11+,29-24?. The minimum atomic E-state index is -0.197. The van der Waals surface area contributed by atoms with Crippen molar-refractivity contribution in [3.8, 4) is 0 Å². The van der Waals surface area contributed by atoms with Gasteiger partial charge in [-0.05, 0) is 72.7 Å². The van der Waals surface area contributed by atoms with Crippen molar-refractivity contribution in [3.63, 3.8) is 0 Å². The van der Waals surface area contributed by atoms with Crippen LogP contribution in [0.4, 0.5) is 21.9 Å². The third-order valence-electron chi connectivity index (χ3n) is 6.15. The van der Waals surface area contributed by atoms with Crippen LogP contribution in [0.2, 0.25) is 0 Å². The Kier molecular flexibility index (Phi) is 8.17. The highest BCUT2D eigenvalue weighted by Crippen LogP contribution is 2.25. The Labute approximate surface area is 215 Å². The molecule has 186 valence electrons. The average Bonchev–Trinajstić information content (AvgIpc) is 3.54. The molecule has 8 heteroatoms. The molecule has 1 saturated carbocycles. The van der Waals surface area contributed by atoms with E-state index in [2.05, 4.69) is 16.0 Å². The van der Waals surface area contributed by atoms with Crippen LogP contribution in [0.1, 0.15) is 47.3 Å². The third kappa shape index (κ3) is 6.82. The lowest BCUT2D eigenvalue weighted by atomic mass is 10.0. The Morgan fingerprint density at radius 2 is 1.92 bits per heavy atom. The number of rotatable bonds is 8. The van der Waals surface area contributed by atoms with Crippen molar-refractivity contribution in [1.82, 2.24) is 5.32 Å². The monoisotopic (exact) mass is 501 g/mol. The number of hydrogen-bond acceptors (Lipinski definition) is 5. The molecule has 0 aliphatic heterocycles. The second kappa shape index (κ2) is 11.7. The van der Waals surface area contributed by atoms with Gasteiger partial charge in [-0.15, -0.1) is 11.3 Å². The van der Waals surface area contributed by atoms with Crippen LogP contribution >= 0.6 is 11.3 Å². The van der Waals surface area contributed by atoms with Gasteiger partial charge in [-0.1, -0.05) is 37.1 Å². The fourth-order valence-corrected chi connectivity index (χ4v) is 4.98. The molecule has 1 aliphatic carbocycles. The summed E-state index contributed by atoms with van der Waals surface area (Å²) in [7, 11) is 0. The summed E-state index contributed by atoms with van der Waals surface area (Å²) < 4.78 is 0. The minimum absolute atomic E-state index is 0.111. The predicted octanol–water partition coefficient (Wildman–Crippen LogP) is 5.97. The van der Waals surface area contributed by atoms with E-state index in [1.54, 1.807) is 35.6 Å². The number of hydrogen-bond donors (Lipinski definition) is 5. The van der Waals surface area contributed by atoms with E-state index in [-0.39, 0.29) is 23.7 Å². The zero-order valence-corrected chi connectivity index (χ0v) is 21.1. The van der Waals surface area contributed by atoms with E-state index in [4.69, 9.17) is 11.1 Å². The van der Waals surface area contributed by atoms with Gasteiger partial charge in [0.1, 0.15) is 0 Å². The normalized spacial score (nSPS) is 13.6. The van der Waals surface area contributed by atoms with E-state index in [0.717, 1.165) is 41.7 Å². The fraction of sp³-hybridized carbons (Fsp3) is 0.250. The number of aryl methyl sites for hydroxylation is 1. The van der Waals surface area contributed by atoms with Gasteiger partial charge in [-0.25, -0.2) is 4.79 Å². The minimum Gasteiger partial charge on any atom is -0.398 e. The van der Waals surface area contributed by atoms with E-state index < -0.39 is 0 Å². The van der Waals surface area contributed by atoms with Crippen LogP contribution in [0.3, 0.4) is 0 Å². The number of nitrogens with two attached hydrogens (primary N) is 1. The van der Waals surface area contributed by atoms with Crippen LogP contribution < -0.4 is 21.7 Å². The summed E-state index contributed by atoms with van der Waals surface area (Å²) in [5.74, 6) is -0.111. The van der Waals surface area contributed by atoms with E-state index >= 15 is 0 Å². The van der Waals surface area contributed by atoms with E-state index in [1.165, 1.54) is 0 Å². The lowest BCUT2D eigenvalue weighted by Crippen LogP contribution is -2.36. The van der Waals surface area contributed by atoms with Gasteiger partial charge in [0, 0.05) is 33.5 Å². The SMILES string of the molecule is Cc1cc(N)c(C(=N)/C=C/c2cccc(NC(=O)NC3CCCC3)c2)cc1NC(=O)Cc1cccs1. The number of thiophene rings is 1. The average molecular weight is 502 g/mol. The number of anilines is 3. The van der Waals surface area contributed by atoms with E-state index in [9.17, 15) is 9.59 Å². The largest absolute Gasteiger partial charge is 0.398 e. The Morgan fingerprint density at radius 3 is 2.67 bits per heavy atom. The zero-order chi connectivity index (χ0) is 25.5. The number of nitrogens with one attached hydrogen (secondary N) is 4. The number of benzene rings is 2. The van der Waals surface area contributed by atoms with Crippen molar-refractivity contribution in [2.24, 2.45) is 0 Å². The quantitative estimate of drug-likeness (QED) is 0.193. The van der Waals surface area contributed by atoms with Crippen LogP contribution in [-0.4, -0.2) is 23.7 Å². The molecule has 6 N–H and O–H groups in total. The second-order valence-corrected chi connectivity index (χ2v) is 10.0. The molecule has 0 radical (unpaired) electrons. The number of carbonyl (C=O) groups is 2. The first kappa shape index (κ1) is 25.2. The van der Waals surface area contributed by atoms with Crippen molar-refractivity contribution in [3.05, 3.63) is 81.6 Å². The molecule has 7 nitrogen and oxygen atoms in total. The number of amides is 3. The van der Waals surface area contributed by atoms with Crippen LogP contribution in [-0.2, 0) is 11.2 Å². The summed E-state index contributed by atoms with van der Waals surface area (Å²) in [5, 5.41) is 19.4. The first-order chi connectivity index (χ1) is 17.4. The zero-order valence-electron chi connectivity index (χ0n) is 20.3. The van der Waals surface area contributed by atoms with Gasteiger partial charge in [-0.3, -0.25) is 4.79 Å². The maximum Gasteiger partial charge on any atom is 0.319 e.